The van der Waals surface area contributed by atoms with Crippen molar-refractivity contribution in [3.63, 3.8) is 0 Å². The number of carbonyl (C=O) groups excluding carboxylic acids is 1. The molecule has 0 heterocycles. The van der Waals surface area contributed by atoms with Crippen molar-refractivity contribution in [1.29, 1.82) is 0 Å². The normalized spacial score (nSPS) is 25.4. The lowest BCUT2D eigenvalue weighted by atomic mass is 9.78. The van der Waals surface area contributed by atoms with Crippen LogP contribution in [0.25, 0.3) is 0 Å². The number of nitrogens with one attached hydrogen (secondary N) is 1. The van der Waals surface area contributed by atoms with E-state index in [2.05, 4.69) is 12.2 Å². The standard InChI is InChI=1S/C16H22ClNO3/c1-11-5-7-16(10-17,8-6-11)18-15(20)12-3-4-14(21-2)13(19)9-12/h3-4,9,11,19H,5-8,10H2,1-2H3,(H,18,20). The number of hydrogen-bond donors (Lipinski definition) is 2. The summed E-state index contributed by atoms with van der Waals surface area (Å²) in [5.74, 6) is 1.20. The second-order valence-corrected chi connectivity index (χ2v) is 6.20. The van der Waals surface area contributed by atoms with Gasteiger partial charge < -0.3 is 15.2 Å². The second kappa shape index (κ2) is 6.56. The van der Waals surface area contributed by atoms with E-state index in [-0.39, 0.29) is 17.2 Å². The molecule has 116 valence electrons. The molecule has 4 nitrogen and oxygen atoms in total. The molecule has 1 fully saturated rings. The largest absolute Gasteiger partial charge is 0.504 e. The van der Waals surface area contributed by atoms with E-state index in [9.17, 15) is 9.90 Å². The van der Waals surface area contributed by atoms with Crippen LogP contribution in [0.15, 0.2) is 18.2 Å². The van der Waals surface area contributed by atoms with Crippen LogP contribution in [0, 0.1) is 5.92 Å². The molecule has 1 aromatic rings. The molecule has 1 amide bonds. The van der Waals surface area contributed by atoms with Crippen molar-refractivity contribution < 1.29 is 14.6 Å². The Balaban J connectivity index is 2.11. The highest BCUT2D eigenvalue weighted by Gasteiger charge is 2.35. The number of phenolic OH excluding ortho intramolecular Hbond substituents is 1. The molecule has 0 aliphatic heterocycles. The number of ether oxygens (including phenoxy) is 1. The molecule has 0 bridgehead atoms. The van der Waals surface area contributed by atoms with Gasteiger partial charge in [0, 0.05) is 11.4 Å². The highest BCUT2D eigenvalue weighted by molar-refractivity contribution is 6.19. The van der Waals surface area contributed by atoms with E-state index in [1.54, 1.807) is 12.1 Å². The van der Waals surface area contributed by atoms with Crippen molar-refractivity contribution in [1.82, 2.24) is 5.32 Å². The lowest BCUT2D eigenvalue weighted by Gasteiger charge is -2.38. The number of carbonyl (C=O) groups is 1. The molecule has 0 saturated heterocycles. The van der Waals surface area contributed by atoms with Crippen molar-refractivity contribution in [2.45, 2.75) is 38.1 Å². The first-order valence-corrected chi connectivity index (χ1v) is 7.78. The van der Waals surface area contributed by atoms with Crippen LogP contribution in [0.3, 0.4) is 0 Å². The number of phenols is 1. The van der Waals surface area contributed by atoms with Crippen molar-refractivity contribution >= 4 is 17.5 Å². The Labute approximate surface area is 130 Å². The molecule has 1 aliphatic carbocycles. The van der Waals surface area contributed by atoms with Gasteiger partial charge in [-0.05, 0) is 49.8 Å². The Morgan fingerprint density at radius 2 is 2.14 bits per heavy atom. The quantitative estimate of drug-likeness (QED) is 0.839. The van der Waals surface area contributed by atoms with Crippen molar-refractivity contribution in [3.8, 4) is 11.5 Å². The number of halogens is 1. The predicted octanol–water partition coefficient (Wildman–Crippen LogP) is 3.32. The molecule has 0 radical (unpaired) electrons. The summed E-state index contributed by atoms with van der Waals surface area (Å²) in [6.45, 7) is 2.22. The van der Waals surface area contributed by atoms with Gasteiger partial charge >= 0.3 is 0 Å². The van der Waals surface area contributed by atoms with Crippen LogP contribution in [-0.2, 0) is 0 Å². The first-order valence-electron chi connectivity index (χ1n) is 7.25. The molecule has 0 aromatic heterocycles. The number of rotatable bonds is 4. The molecule has 2 rings (SSSR count). The summed E-state index contributed by atoms with van der Waals surface area (Å²) in [6.07, 6.45) is 3.93. The Kier molecular flexibility index (Phi) is 4.99. The van der Waals surface area contributed by atoms with E-state index in [1.165, 1.54) is 13.2 Å². The lowest BCUT2D eigenvalue weighted by Crippen LogP contribution is -2.52. The summed E-state index contributed by atoms with van der Waals surface area (Å²) in [6, 6.07) is 4.64. The summed E-state index contributed by atoms with van der Waals surface area (Å²) >= 11 is 6.11. The SMILES string of the molecule is COc1ccc(C(=O)NC2(CCl)CCC(C)CC2)cc1O. The van der Waals surface area contributed by atoms with E-state index in [0.717, 1.165) is 25.7 Å². The molecule has 21 heavy (non-hydrogen) atoms. The van der Waals surface area contributed by atoms with E-state index >= 15 is 0 Å². The van der Waals surface area contributed by atoms with Crippen LogP contribution in [0.1, 0.15) is 43.0 Å². The van der Waals surface area contributed by atoms with Crippen LogP contribution in [0.4, 0.5) is 0 Å². The molecule has 2 N–H and O–H groups in total. The highest BCUT2D eigenvalue weighted by atomic mass is 35.5. The summed E-state index contributed by atoms with van der Waals surface area (Å²) in [4.78, 5) is 12.4. The van der Waals surface area contributed by atoms with Crippen LogP contribution >= 0.6 is 11.6 Å². The number of hydrogen-bond acceptors (Lipinski definition) is 3. The summed E-state index contributed by atoms with van der Waals surface area (Å²) in [5, 5.41) is 12.8. The number of alkyl halides is 1. The van der Waals surface area contributed by atoms with Gasteiger partial charge in [-0.1, -0.05) is 6.92 Å². The smallest absolute Gasteiger partial charge is 0.251 e. The maximum absolute atomic E-state index is 12.4. The summed E-state index contributed by atoms with van der Waals surface area (Å²) in [7, 11) is 1.47. The molecule has 0 spiro atoms. The second-order valence-electron chi connectivity index (χ2n) is 5.94. The average Bonchev–Trinajstić information content (AvgIpc) is 2.49. The summed E-state index contributed by atoms with van der Waals surface area (Å²) < 4.78 is 4.98. The van der Waals surface area contributed by atoms with Gasteiger partial charge in [-0.3, -0.25) is 4.79 Å². The minimum atomic E-state index is -0.333. The Bertz CT molecular complexity index is 510. The molecule has 0 unspecified atom stereocenters. The van der Waals surface area contributed by atoms with E-state index in [1.807, 2.05) is 0 Å². The molecular formula is C16H22ClNO3. The van der Waals surface area contributed by atoms with E-state index in [0.29, 0.717) is 23.1 Å². The van der Waals surface area contributed by atoms with Gasteiger partial charge in [0.2, 0.25) is 0 Å². The van der Waals surface area contributed by atoms with Crippen LogP contribution < -0.4 is 10.1 Å². The Hall–Kier alpha value is -1.42. The van der Waals surface area contributed by atoms with Gasteiger partial charge in [0.15, 0.2) is 11.5 Å². The van der Waals surface area contributed by atoms with Gasteiger partial charge in [-0.25, -0.2) is 0 Å². The molecule has 5 heteroatoms. The first-order chi connectivity index (χ1) is 9.99. The maximum Gasteiger partial charge on any atom is 0.251 e. The molecule has 1 aromatic carbocycles. The summed E-state index contributed by atoms with van der Waals surface area (Å²) in [5.41, 5.74) is 0.0807. The van der Waals surface area contributed by atoms with E-state index in [4.69, 9.17) is 16.3 Å². The van der Waals surface area contributed by atoms with E-state index < -0.39 is 0 Å². The topological polar surface area (TPSA) is 58.6 Å². The minimum Gasteiger partial charge on any atom is -0.504 e. The third-order valence-electron chi connectivity index (χ3n) is 4.31. The number of aromatic hydroxyl groups is 1. The zero-order chi connectivity index (χ0) is 15.5. The number of benzene rings is 1. The third kappa shape index (κ3) is 3.62. The van der Waals surface area contributed by atoms with Gasteiger partial charge in [0.1, 0.15) is 0 Å². The molecule has 1 aliphatic rings. The van der Waals surface area contributed by atoms with Gasteiger partial charge in [-0.2, -0.15) is 0 Å². The molecule has 1 saturated carbocycles. The van der Waals surface area contributed by atoms with Crippen LogP contribution in [0.5, 0.6) is 11.5 Å². The fourth-order valence-corrected chi connectivity index (χ4v) is 3.09. The number of methoxy groups -OCH3 is 1. The van der Waals surface area contributed by atoms with Crippen LogP contribution in [-0.4, -0.2) is 29.5 Å². The third-order valence-corrected chi connectivity index (χ3v) is 4.82. The molecule has 0 atom stereocenters. The fraction of sp³-hybridized carbons (Fsp3) is 0.562. The highest BCUT2D eigenvalue weighted by Crippen LogP contribution is 2.33. The maximum atomic E-state index is 12.4. The first kappa shape index (κ1) is 16.0. The zero-order valence-corrected chi connectivity index (χ0v) is 13.2. The Morgan fingerprint density at radius 1 is 1.48 bits per heavy atom. The lowest BCUT2D eigenvalue weighted by molar-refractivity contribution is 0.0872. The fourth-order valence-electron chi connectivity index (χ4n) is 2.75. The predicted molar refractivity (Wildman–Crippen MR) is 83.2 cm³/mol. The number of amides is 1. The van der Waals surface area contributed by atoms with Gasteiger partial charge in [0.25, 0.3) is 5.91 Å². The van der Waals surface area contributed by atoms with Crippen molar-refractivity contribution in [2.75, 3.05) is 13.0 Å². The average molecular weight is 312 g/mol. The van der Waals surface area contributed by atoms with Crippen molar-refractivity contribution in [3.05, 3.63) is 23.8 Å². The zero-order valence-electron chi connectivity index (χ0n) is 12.5. The van der Waals surface area contributed by atoms with Gasteiger partial charge in [0.05, 0.1) is 12.6 Å². The van der Waals surface area contributed by atoms with Gasteiger partial charge in [-0.15, -0.1) is 11.6 Å². The monoisotopic (exact) mass is 311 g/mol. The Morgan fingerprint density at radius 3 is 2.67 bits per heavy atom. The van der Waals surface area contributed by atoms with Crippen LogP contribution in [0.2, 0.25) is 0 Å². The minimum absolute atomic E-state index is 0.0395. The van der Waals surface area contributed by atoms with Crippen molar-refractivity contribution in [2.24, 2.45) is 5.92 Å². The molecular weight excluding hydrogens is 290 g/mol.